The monoisotopic (exact) mass is 273 g/mol. The molecule has 0 spiro atoms. The van der Waals surface area contributed by atoms with Crippen LogP contribution < -0.4 is 5.32 Å². The standard InChI is InChI=1S/C15H19N3O2/c1-2-16-15(14(19)20,13-7-4-3-5-8-13)9-12-18-11-6-10-17-18/h3-8,10-11,16H,2,9,12H2,1H3,(H,19,20). The van der Waals surface area contributed by atoms with Gasteiger partial charge in [-0.2, -0.15) is 5.10 Å². The van der Waals surface area contributed by atoms with Gasteiger partial charge in [-0.25, -0.2) is 4.79 Å². The average molecular weight is 273 g/mol. The van der Waals surface area contributed by atoms with Crippen molar-refractivity contribution in [3.05, 3.63) is 54.4 Å². The molecule has 0 radical (unpaired) electrons. The summed E-state index contributed by atoms with van der Waals surface area (Å²) in [6.45, 7) is 3.04. The normalized spacial score (nSPS) is 13.8. The summed E-state index contributed by atoms with van der Waals surface area (Å²) in [5.41, 5.74) is -0.316. The van der Waals surface area contributed by atoms with Crippen LogP contribution in [-0.4, -0.2) is 27.4 Å². The number of aliphatic carboxylic acids is 1. The Labute approximate surface area is 118 Å². The maximum Gasteiger partial charge on any atom is 0.328 e. The number of nitrogens with one attached hydrogen (secondary N) is 1. The molecule has 0 saturated heterocycles. The lowest BCUT2D eigenvalue weighted by molar-refractivity contribution is -0.146. The van der Waals surface area contributed by atoms with E-state index in [0.29, 0.717) is 19.5 Å². The summed E-state index contributed by atoms with van der Waals surface area (Å²) in [6, 6.07) is 11.1. The second kappa shape index (κ2) is 6.34. The van der Waals surface area contributed by atoms with E-state index in [1.54, 1.807) is 10.9 Å². The minimum absolute atomic E-state index is 0.432. The smallest absolute Gasteiger partial charge is 0.328 e. The molecule has 2 aromatic rings. The molecule has 1 aromatic heterocycles. The van der Waals surface area contributed by atoms with Gasteiger partial charge in [-0.15, -0.1) is 0 Å². The van der Waals surface area contributed by atoms with E-state index < -0.39 is 11.5 Å². The Bertz CT molecular complexity index is 540. The van der Waals surface area contributed by atoms with Crippen molar-refractivity contribution in [2.45, 2.75) is 25.4 Å². The number of hydrogen-bond acceptors (Lipinski definition) is 3. The van der Waals surface area contributed by atoms with Crippen LogP contribution in [0.5, 0.6) is 0 Å². The predicted molar refractivity (Wildman–Crippen MR) is 76.3 cm³/mol. The van der Waals surface area contributed by atoms with Crippen molar-refractivity contribution in [2.24, 2.45) is 0 Å². The molecule has 20 heavy (non-hydrogen) atoms. The Hall–Kier alpha value is -2.14. The van der Waals surface area contributed by atoms with Crippen LogP contribution in [0.4, 0.5) is 0 Å². The molecule has 1 heterocycles. The number of nitrogens with zero attached hydrogens (tertiary/aromatic N) is 2. The van der Waals surface area contributed by atoms with Gasteiger partial charge in [0.25, 0.3) is 0 Å². The van der Waals surface area contributed by atoms with E-state index in [0.717, 1.165) is 5.56 Å². The summed E-state index contributed by atoms with van der Waals surface area (Å²) in [5, 5.41) is 17.0. The highest BCUT2D eigenvalue weighted by atomic mass is 16.4. The number of carboxylic acids is 1. The number of likely N-dealkylation sites (N-methyl/N-ethyl adjacent to an activating group) is 1. The highest BCUT2D eigenvalue weighted by molar-refractivity contribution is 5.80. The Morgan fingerprint density at radius 2 is 2.10 bits per heavy atom. The van der Waals surface area contributed by atoms with Gasteiger partial charge in [0.05, 0.1) is 0 Å². The first-order chi connectivity index (χ1) is 9.69. The first-order valence-corrected chi connectivity index (χ1v) is 6.70. The van der Waals surface area contributed by atoms with Gasteiger partial charge in [0, 0.05) is 25.4 Å². The maximum atomic E-state index is 11.9. The van der Waals surface area contributed by atoms with Crippen LogP contribution in [0, 0.1) is 0 Å². The van der Waals surface area contributed by atoms with Crippen molar-refractivity contribution >= 4 is 5.97 Å². The van der Waals surface area contributed by atoms with Crippen molar-refractivity contribution in [2.75, 3.05) is 6.54 Å². The molecule has 5 nitrogen and oxygen atoms in total. The summed E-state index contributed by atoms with van der Waals surface area (Å²) in [4.78, 5) is 11.9. The molecule has 0 aliphatic heterocycles. The number of carboxylic acid groups (broad SMARTS) is 1. The Morgan fingerprint density at radius 1 is 1.35 bits per heavy atom. The summed E-state index contributed by atoms with van der Waals surface area (Å²) in [5.74, 6) is -0.863. The average Bonchev–Trinajstić information content (AvgIpc) is 2.97. The molecule has 0 aliphatic rings. The fourth-order valence-corrected chi connectivity index (χ4v) is 2.38. The first-order valence-electron chi connectivity index (χ1n) is 6.70. The van der Waals surface area contributed by atoms with Crippen molar-refractivity contribution < 1.29 is 9.90 Å². The molecular formula is C15H19N3O2. The van der Waals surface area contributed by atoms with Gasteiger partial charge in [-0.1, -0.05) is 37.3 Å². The number of aryl methyl sites for hydroxylation is 1. The molecule has 1 aromatic carbocycles. The molecule has 0 amide bonds. The summed E-state index contributed by atoms with van der Waals surface area (Å²) in [6.07, 6.45) is 3.96. The second-order valence-electron chi connectivity index (χ2n) is 4.63. The number of hydrogen-bond donors (Lipinski definition) is 2. The van der Waals surface area contributed by atoms with E-state index >= 15 is 0 Å². The van der Waals surface area contributed by atoms with Gasteiger partial charge in [0.1, 0.15) is 5.54 Å². The molecule has 0 bridgehead atoms. The lowest BCUT2D eigenvalue weighted by Crippen LogP contribution is -2.49. The van der Waals surface area contributed by atoms with Crippen LogP contribution >= 0.6 is 0 Å². The minimum Gasteiger partial charge on any atom is -0.480 e. The van der Waals surface area contributed by atoms with E-state index in [1.807, 2.05) is 49.5 Å². The molecule has 1 atom stereocenters. The predicted octanol–water partition coefficient (Wildman–Crippen LogP) is 1.86. The van der Waals surface area contributed by atoms with E-state index in [4.69, 9.17) is 0 Å². The van der Waals surface area contributed by atoms with Crippen molar-refractivity contribution in [3.63, 3.8) is 0 Å². The second-order valence-corrected chi connectivity index (χ2v) is 4.63. The van der Waals surface area contributed by atoms with Crippen LogP contribution in [-0.2, 0) is 16.9 Å². The zero-order valence-corrected chi connectivity index (χ0v) is 11.5. The number of aromatic nitrogens is 2. The van der Waals surface area contributed by atoms with Crippen molar-refractivity contribution in [1.29, 1.82) is 0 Å². The van der Waals surface area contributed by atoms with Crippen molar-refractivity contribution in [3.8, 4) is 0 Å². The largest absolute Gasteiger partial charge is 0.480 e. The molecule has 1 unspecified atom stereocenters. The molecular weight excluding hydrogens is 254 g/mol. The topological polar surface area (TPSA) is 67.2 Å². The highest BCUT2D eigenvalue weighted by Gasteiger charge is 2.39. The van der Waals surface area contributed by atoms with Gasteiger partial charge in [-0.05, 0) is 18.2 Å². The Morgan fingerprint density at radius 3 is 2.65 bits per heavy atom. The molecule has 2 N–H and O–H groups in total. The van der Waals surface area contributed by atoms with Gasteiger partial charge < -0.3 is 5.11 Å². The molecule has 0 fully saturated rings. The van der Waals surface area contributed by atoms with Gasteiger partial charge in [0.2, 0.25) is 0 Å². The SMILES string of the molecule is CCNC(CCn1cccn1)(C(=O)O)c1ccccc1. The third kappa shape index (κ3) is 2.88. The molecule has 0 aliphatic carbocycles. The Balaban J connectivity index is 2.29. The minimum atomic E-state index is -1.08. The summed E-state index contributed by atoms with van der Waals surface area (Å²) < 4.78 is 1.75. The molecule has 0 saturated carbocycles. The zero-order valence-electron chi connectivity index (χ0n) is 11.5. The van der Waals surface area contributed by atoms with E-state index in [2.05, 4.69) is 10.4 Å². The number of carbonyl (C=O) groups is 1. The lowest BCUT2D eigenvalue weighted by atomic mass is 9.86. The van der Waals surface area contributed by atoms with Crippen LogP contribution in [0.3, 0.4) is 0 Å². The van der Waals surface area contributed by atoms with Crippen LogP contribution in [0.1, 0.15) is 18.9 Å². The molecule has 2 rings (SSSR count). The van der Waals surface area contributed by atoms with Crippen LogP contribution in [0.2, 0.25) is 0 Å². The fraction of sp³-hybridized carbons (Fsp3) is 0.333. The quantitative estimate of drug-likeness (QED) is 0.808. The lowest BCUT2D eigenvalue weighted by Gasteiger charge is -2.31. The Kier molecular flexibility index (Phi) is 4.53. The maximum absolute atomic E-state index is 11.9. The molecule has 5 heteroatoms. The zero-order chi connectivity index (χ0) is 14.4. The van der Waals surface area contributed by atoms with Gasteiger partial charge in [0.15, 0.2) is 0 Å². The third-order valence-electron chi connectivity index (χ3n) is 3.39. The third-order valence-corrected chi connectivity index (χ3v) is 3.39. The van der Waals surface area contributed by atoms with Crippen LogP contribution in [0.15, 0.2) is 48.8 Å². The van der Waals surface area contributed by atoms with Gasteiger partial charge in [-0.3, -0.25) is 10.00 Å². The van der Waals surface area contributed by atoms with E-state index in [9.17, 15) is 9.90 Å². The van der Waals surface area contributed by atoms with E-state index in [1.165, 1.54) is 0 Å². The number of benzene rings is 1. The highest BCUT2D eigenvalue weighted by Crippen LogP contribution is 2.26. The summed E-state index contributed by atoms with van der Waals surface area (Å²) >= 11 is 0. The fourth-order valence-electron chi connectivity index (χ4n) is 2.38. The number of rotatable bonds is 7. The molecule has 106 valence electrons. The van der Waals surface area contributed by atoms with Crippen LogP contribution in [0.25, 0.3) is 0 Å². The van der Waals surface area contributed by atoms with Crippen molar-refractivity contribution in [1.82, 2.24) is 15.1 Å². The van der Waals surface area contributed by atoms with E-state index in [-0.39, 0.29) is 0 Å². The summed E-state index contributed by atoms with van der Waals surface area (Å²) in [7, 11) is 0. The first kappa shape index (κ1) is 14.3. The van der Waals surface area contributed by atoms with Gasteiger partial charge >= 0.3 is 5.97 Å².